The minimum absolute atomic E-state index is 0.348. The van der Waals surface area contributed by atoms with Crippen molar-refractivity contribution in [3.63, 3.8) is 0 Å². The van der Waals surface area contributed by atoms with Crippen LogP contribution >= 0.6 is 11.8 Å². The Kier molecular flexibility index (Phi) is 4.83. The number of nitrogens with one attached hydrogen (secondary N) is 1. The molecule has 0 aliphatic carbocycles. The van der Waals surface area contributed by atoms with E-state index in [1.165, 1.54) is 0 Å². The number of rotatable bonds is 5. The van der Waals surface area contributed by atoms with Crippen LogP contribution in [-0.2, 0) is 17.9 Å². The van der Waals surface area contributed by atoms with Crippen LogP contribution in [0.15, 0.2) is 6.33 Å². The maximum absolute atomic E-state index is 12.1. The van der Waals surface area contributed by atoms with Gasteiger partial charge in [-0.3, -0.25) is 0 Å². The molecule has 0 bridgehead atoms. The fourth-order valence-corrected chi connectivity index (χ4v) is 2.44. The van der Waals surface area contributed by atoms with E-state index in [0.29, 0.717) is 37.6 Å². The van der Waals surface area contributed by atoms with E-state index in [9.17, 15) is 9.59 Å². The lowest BCUT2D eigenvalue weighted by Gasteiger charge is -2.28. The van der Waals surface area contributed by atoms with E-state index in [4.69, 9.17) is 5.11 Å². The molecule has 0 saturated heterocycles. The van der Waals surface area contributed by atoms with Crippen LogP contribution in [0.4, 0.5) is 4.79 Å². The van der Waals surface area contributed by atoms with Gasteiger partial charge in [-0.1, -0.05) is 0 Å². The molecule has 1 aliphatic rings. The van der Waals surface area contributed by atoms with Crippen molar-refractivity contribution >= 4 is 23.8 Å². The number of aliphatic carboxylic acids is 1. The predicted octanol–water partition coefficient (Wildman–Crippen LogP) is 0.00960. The molecular formula is C11H17N5O3S. The van der Waals surface area contributed by atoms with E-state index < -0.39 is 12.0 Å². The number of hydrogen-bond acceptors (Lipinski definition) is 5. The summed E-state index contributed by atoms with van der Waals surface area (Å²) in [4.78, 5) is 24.8. The Hall–Kier alpha value is -1.77. The van der Waals surface area contributed by atoms with Gasteiger partial charge in [0.2, 0.25) is 0 Å². The molecular weight excluding hydrogens is 282 g/mol. The zero-order valence-corrected chi connectivity index (χ0v) is 12.0. The fourth-order valence-electron chi connectivity index (χ4n) is 1.97. The number of hydrogen-bond donors (Lipinski definition) is 2. The van der Waals surface area contributed by atoms with E-state index in [0.717, 1.165) is 0 Å². The van der Waals surface area contributed by atoms with Gasteiger partial charge in [-0.05, 0) is 18.4 Å². The average molecular weight is 299 g/mol. The lowest BCUT2D eigenvalue weighted by atomic mass is 10.2. The second-order valence-corrected chi connectivity index (χ2v) is 5.47. The third-order valence-electron chi connectivity index (χ3n) is 3.13. The number of thioether (sulfide) groups is 1. The number of carboxylic acids is 1. The maximum atomic E-state index is 12.1. The van der Waals surface area contributed by atoms with Crippen molar-refractivity contribution in [3.8, 4) is 0 Å². The molecule has 9 heteroatoms. The Balaban J connectivity index is 1.92. The lowest BCUT2D eigenvalue weighted by Crippen LogP contribution is -2.50. The maximum Gasteiger partial charge on any atom is 0.326 e. The zero-order chi connectivity index (χ0) is 14.5. The smallest absolute Gasteiger partial charge is 0.326 e. The van der Waals surface area contributed by atoms with E-state index >= 15 is 0 Å². The molecule has 0 radical (unpaired) electrons. The highest BCUT2D eigenvalue weighted by molar-refractivity contribution is 7.98. The fraction of sp³-hybridized carbons (Fsp3) is 0.636. The molecule has 1 aliphatic heterocycles. The minimum atomic E-state index is -1.01. The van der Waals surface area contributed by atoms with Crippen molar-refractivity contribution in [2.75, 3.05) is 18.6 Å². The number of amides is 2. The number of carbonyl (C=O) groups excluding carboxylic acids is 1. The van der Waals surface area contributed by atoms with Gasteiger partial charge >= 0.3 is 12.0 Å². The van der Waals surface area contributed by atoms with Crippen LogP contribution in [0.1, 0.15) is 12.2 Å². The molecule has 2 heterocycles. The molecule has 1 aromatic rings. The van der Waals surface area contributed by atoms with Gasteiger partial charge < -0.3 is 19.9 Å². The first-order valence-corrected chi connectivity index (χ1v) is 7.65. The number of aromatic nitrogens is 3. The van der Waals surface area contributed by atoms with Crippen molar-refractivity contribution in [1.29, 1.82) is 0 Å². The van der Waals surface area contributed by atoms with Crippen molar-refractivity contribution < 1.29 is 14.7 Å². The highest BCUT2D eigenvalue weighted by atomic mass is 32.2. The Morgan fingerprint density at radius 1 is 1.55 bits per heavy atom. The molecule has 2 N–H and O–H groups in total. The first kappa shape index (κ1) is 14.6. The molecule has 2 rings (SSSR count). The van der Waals surface area contributed by atoms with Crippen molar-refractivity contribution in [1.82, 2.24) is 25.0 Å². The monoisotopic (exact) mass is 299 g/mol. The van der Waals surface area contributed by atoms with Crippen LogP contribution in [0.25, 0.3) is 0 Å². The summed E-state index contributed by atoms with van der Waals surface area (Å²) < 4.78 is 1.88. The van der Waals surface area contributed by atoms with Gasteiger partial charge in [-0.15, -0.1) is 10.2 Å². The van der Waals surface area contributed by atoms with Crippen LogP contribution in [0.5, 0.6) is 0 Å². The zero-order valence-electron chi connectivity index (χ0n) is 11.2. The third-order valence-corrected chi connectivity index (χ3v) is 3.78. The van der Waals surface area contributed by atoms with Gasteiger partial charge in [-0.25, -0.2) is 9.59 Å². The molecule has 1 atom stereocenters. The van der Waals surface area contributed by atoms with Crippen molar-refractivity contribution in [2.45, 2.75) is 25.6 Å². The standard InChI is InChI=1S/C11H17N5O3S/c1-20-5-2-8(10(17)18)13-11(19)15-3-4-16-7-12-14-9(16)6-15/h7-8H,2-6H2,1H3,(H,13,19)(H,17,18)/t8-/m1/s1. The largest absolute Gasteiger partial charge is 0.480 e. The number of nitrogens with zero attached hydrogens (tertiary/aromatic N) is 4. The summed E-state index contributed by atoms with van der Waals surface area (Å²) in [6.07, 6.45) is 3.94. The molecule has 0 aromatic carbocycles. The molecule has 8 nitrogen and oxygen atoms in total. The molecule has 0 unspecified atom stereocenters. The highest BCUT2D eigenvalue weighted by Crippen LogP contribution is 2.10. The van der Waals surface area contributed by atoms with Crippen LogP contribution in [0.3, 0.4) is 0 Å². The van der Waals surface area contributed by atoms with E-state index in [-0.39, 0.29) is 6.03 Å². The summed E-state index contributed by atoms with van der Waals surface area (Å²) >= 11 is 1.55. The molecule has 110 valence electrons. The topological polar surface area (TPSA) is 100 Å². The van der Waals surface area contributed by atoms with E-state index in [1.54, 1.807) is 23.0 Å². The summed E-state index contributed by atoms with van der Waals surface area (Å²) in [5.74, 6) is 0.390. The highest BCUT2D eigenvalue weighted by Gasteiger charge is 2.26. The van der Waals surface area contributed by atoms with Gasteiger partial charge in [0.05, 0.1) is 6.54 Å². The second kappa shape index (κ2) is 6.60. The molecule has 1 aromatic heterocycles. The summed E-state index contributed by atoms with van der Waals surface area (Å²) in [5.41, 5.74) is 0. The van der Waals surface area contributed by atoms with Crippen LogP contribution < -0.4 is 5.32 Å². The van der Waals surface area contributed by atoms with Gasteiger partial charge in [-0.2, -0.15) is 11.8 Å². The van der Waals surface area contributed by atoms with Gasteiger partial charge in [0.25, 0.3) is 0 Å². The summed E-state index contributed by atoms with van der Waals surface area (Å²) in [6.45, 7) is 1.49. The molecule has 2 amide bonds. The van der Waals surface area contributed by atoms with Crippen LogP contribution in [0, 0.1) is 0 Å². The van der Waals surface area contributed by atoms with Gasteiger partial charge in [0.15, 0.2) is 5.82 Å². The van der Waals surface area contributed by atoms with Crippen LogP contribution in [-0.4, -0.2) is 61.4 Å². The average Bonchev–Trinajstić information content (AvgIpc) is 2.90. The van der Waals surface area contributed by atoms with Crippen LogP contribution in [0.2, 0.25) is 0 Å². The lowest BCUT2D eigenvalue weighted by molar-refractivity contribution is -0.139. The summed E-state index contributed by atoms with van der Waals surface area (Å²) in [5, 5.41) is 19.4. The predicted molar refractivity (Wildman–Crippen MR) is 73.4 cm³/mol. The molecule has 20 heavy (non-hydrogen) atoms. The number of fused-ring (bicyclic) bond motifs is 1. The first-order chi connectivity index (χ1) is 9.61. The van der Waals surface area contributed by atoms with Crippen molar-refractivity contribution in [3.05, 3.63) is 12.2 Å². The summed E-state index contributed by atoms with van der Waals surface area (Å²) in [6, 6.07) is -1.22. The molecule has 0 saturated carbocycles. The number of urea groups is 1. The van der Waals surface area contributed by atoms with E-state index in [1.807, 2.05) is 10.8 Å². The Morgan fingerprint density at radius 2 is 2.35 bits per heavy atom. The molecule has 0 fully saturated rings. The molecule has 0 spiro atoms. The van der Waals surface area contributed by atoms with Gasteiger partial charge in [0.1, 0.15) is 12.4 Å². The van der Waals surface area contributed by atoms with Crippen molar-refractivity contribution in [2.24, 2.45) is 0 Å². The Morgan fingerprint density at radius 3 is 3.05 bits per heavy atom. The SMILES string of the molecule is CSCC[C@@H](NC(=O)N1CCn2cnnc2C1)C(=O)O. The first-order valence-electron chi connectivity index (χ1n) is 6.25. The third kappa shape index (κ3) is 3.41. The Labute approximate surface area is 120 Å². The number of carbonyl (C=O) groups is 2. The summed E-state index contributed by atoms with van der Waals surface area (Å²) in [7, 11) is 0. The van der Waals surface area contributed by atoms with E-state index in [2.05, 4.69) is 15.5 Å². The number of carboxylic acid groups (broad SMARTS) is 1. The second-order valence-electron chi connectivity index (χ2n) is 4.48. The quantitative estimate of drug-likeness (QED) is 0.794. The Bertz CT molecular complexity index is 492. The minimum Gasteiger partial charge on any atom is -0.480 e. The van der Waals surface area contributed by atoms with Gasteiger partial charge in [0, 0.05) is 13.1 Å². The normalized spacial score (nSPS) is 15.6.